The third-order valence-electron chi connectivity index (χ3n) is 5.77. The zero-order valence-electron chi connectivity index (χ0n) is 18.1. The van der Waals surface area contributed by atoms with E-state index < -0.39 is 0 Å². The SMILES string of the molecule is Cc1ccc(-n2ncc3c2CC(C)(C)C[C@H]3NCc2cccc(OCCO)c2)cc1. The third-order valence-corrected chi connectivity index (χ3v) is 5.77. The Labute approximate surface area is 178 Å². The third kappa shape index (κ3) is 4.58. The number of aliphatic hydroxyl groups excluding tert-OH is 1. The molecule has 0 aliphatic heterocycles. The lowest BCUT2D eigenvalue weighted by Crippen LogP contribution is -2.33. The van der Waals surface area contributed by atoms with Crippen LogP contribution in [0.5, 0.6) is 5.75 Å². The molecule has 30 heavy (non-hydrogen) atoms. The Morgan fingerprint density at radius 1 is 1.20 bits per heavy atom. The quantitative estimate of drug-likeness (QED) is 0.613. The smallest absolute Gasteiger partial charge is 0.119 e. The molecule has 0 spiro atoms. The molecule has 3 aromatic rings. The van der Waals surface area contributed by atoms with Gasteiger partial charge in [-0.2, -0.15) is 5.10 Å². The van der Waals surface area contributed by atoms with Gasteiger partial charge in [0.05, 0.1) is 18.5 Å². The Hall–Kier alpha value is -2.63. The molecule has 0 saturated carbocycles. The summed E-state index contributed by atoms with van der Waals surface area (Å²) in [6, 6.07) is 16.9. The highest BCUT2D eigenvalue weighted by molar-refractivity contribution is 5.39. The number of aliphatic hydroxyl groups is 1. The molecule has 0 bridgehead atoms. The molecule has 1 atom stereocenters. The zero-order chi connectivity index (χ0) is 21.1. The predicted molar refractivity (Wildman–Crippen MR) is 119 cm³/mol. The fourth-order valence-electron chi connectivity index (χ4n) is 4.28. The number of rotatable bonds is 7. The van der Waals surface area contributed by atoms with E-state index in [9.17, 15) is 0 Å². The van der Waals surface area contributed by atoms with Gasteiger partial charge >= 0.3 is 0 Å². The van der Waals surface area contributed by atoms with Crippen LogP contribution >= 0.6 is 0 Å². The number of nitrogens with one attached hydrogen (secondary N) is 1. The molecule has 0 amide bonds. The number of aryl methyl sites for hydroxylation is 1. The molecule has 2 N–H and O–H groups in total. The normalized spacial score (nSPS) is 17.5. The van der Waals surface area contributed by atoms with Gasteiger partial charge in [0.25, 0.3) is 0 Å². The molecule has 1 aliphatic carbocycles. The van der Waals surface area contributed by atoms with Crippen LogP contribution < -0.4 is 10.1 Å². The average molecular weight is 406 g/mol. The second kappa shape index (κ2) is 8.62. The van der Waals surface area contributed by atoms with Gasteiger partial charge in [-0.1, -0.05) is 43.7 Å². The van der Waals surface area contributed by atoms with Crippen molar-refractivity contribution in [2.75, 3.05) is 13.2 Å². The van der Waals surface area contributed by atoms with Gasteiger partial charge in [0.15, 0.2) is 0 Å². The number of hydrogen-bond acceptors (Lipinski definition) is 4. The predicted octanol–water partition coefficient (Wildman–Crippen LogP) is 4.36. The first-order chi connectivity index (χ1) is 14.4. The lowest BCUT2D eigenvalue weighted by atomic mass is 9.74. The summed E-state index contributed by atoms with van der Waals surface area (Å²) in [6.45, 7) is 7.87. The average Bonchev–Trinajstić information content (AvgIpc) is 3.14. The topological polar surface area (TPSA) is 59.3 Å². The van der Waals surface area contributed by atoms with E-state index in [1.165, 1.54) is 22.4 Å². The lowest BCUT2D eigenvalue weighted by molar-refractivity contribution is 0.201. The maximum Gasteiger partial charge on any atom is 0.119 e. The first kappa shape index (κ1) is 20.6. The van der Waals surface area contributed by atoms with Crippen LogP contribution in [0.4, 0.5) is 0 Å². The van der Waals surface area contributed by atoms with Crippen LogP contribution in [-0.2, 0) is 13.0 Å². The summed E-state index contributed by atoms with van der Waals surface area (Å²) in [5, 5.41) is 17.5. The molecule has 4 rings (SSSR count). The molecule has 0 radical (unpaired) electrons. The highest BCUT2D eigenvalue weighted by Gasteiger charge is 2.35. The molecule has 0 saturated heterocycles. The van der Waals surface area contributed by atoms with Gasteiger partial charge in [-0.15, -0.1) is 0 Å². The van der Waals surface area contributed by atoms with Crippen molar-refractivity contribution in [2.24, 2.45) is 5.41 Å². The Morgan fingerprint density at radius 3 is 2.77 bits per heavy atom. The van der Waals surface area contributed by atoms with E-state index in [2.05, 4.69) is 61.1 Å². The number of ether oxygens (including phenoxy) is 1. The highest BCUT2D eigenvalue weighted by atomic mass is 16.5. The molecular weight excluding hydrogens is 374 g/mol. The summed E-state index contributed by atoms with van der Waals surface area (Å²) in [4.78, 5) is 0. The molecule has 0 fully saturated rings. The van der Waals surface area contributed by atoms with Gasteiger partial charge in [0.2, 0.25) is 0 Å². The van der Waals surface area contributed by atoms with Crippen molar-refractivity contribution in [1.82, 2.24) is 15.1 Å². The molecule has 2 aromatic carbocycles. The first-order valence-corrected chi connectivity index (χ1v) is 10.6. The number of hydrogen-bond donors (Lipinski definition) is 2. The second-order valence-electron chi connectivity index (χ2n) is 8.99. The number of benzene rings is 2. The molecule has 5 nitrogen and oxygen atoms in total. The maximum atomic E-state index is 8.97. The molecule has 1 aromatic heterocycles. The first-order valence-electron chi connectivity index (χ1n) is 10.6. The minimum absolute atomic E-state index is 0.0212. The van der Waals surface area contributed by atoms with Gasteiger partial charge in [0, 0.05) is 23.8 Å². The van der Waals surface area contributed by atoms with Crippen molar-refractivity contribution >= 4 is 0 Å². The van der Waals surface area contributed by atoms with Crippen LogP contribution in [0.15, 0.2) is 54.7 Å². The van der Waals surface area contributed by atoms with Gasteiger partial charge in [-0.25, -0.2) is 4.68 Å². The summed E-state index contributed by atoms with van der Waals surface area (Å²) in [7, 11) is 0. The van der Waals surface area contributed by atoms with E-state index in [-0.39, 0.29) is 18.1 Å². The molecule has 1 aliphatic rings. The summed E-state index contributed by atoms with van der Waals surface area (Å²) < 4.78 is 7.65. The largest absolute Gasteiger partial charge is 0.491 e. The molecule has 5 heteroatoms. The fraction of sp³-hybridized carbons (Fsp3) is 0.400. The van der Waals surface area contributed by atoms with Crippen molar-refractivity contribution in [2.45, 2.75) is 46.2 Å². The van der Waals surface area contributed by atoms with Crippen molar-refractivity contribution in [3.63, 3.8) is 0 Å². The summed E-state index contributed by atoms with van der Waals surface area (Å²) >= 11 is 0. The van der Waals surface area contributed by atoms with E-state index in [0.717, 1.165) is 30.8 Å². The Kier molecular flexibility index (Phi) is 5.93. The molecule has 158 valence electrons. The van der Waals surface area contributed by atoms with E-state index in [1.807, 2.05) is 24.4 Å². The lowest BCUT2D eigenvalue weighted by Gasteiger charge is -2.36. The van der Waals surface area contributed by atoms with Crippen LogP contribution in [-0.4, -0.2) is 28.1 Å². The van der Waals surface area contributed by atoms with Crippen molar-refractivity contribution in [1.29, 1.82) is 0 Å². The summed E-state index contributed by atoms with van der Waals surface area (Å²) in [5.41, 5.74) is 6.33. The summed E-state index contributed by atoms with van der Waals surface area (Å²) in [6.07, 6.45) is 4.11. The summed E-state index contributed by atoms with van der Waals surface area (Å²) in [5.74, 6) is 0.792. The molecular formula is C25H31N3O2. The van der Waals surface area contributed by atoms with Gasteiger partial charge in [-0.3, -0.25) is 0 Å². The number of nitrogens with zero attached hydrogens (tertiary/aromatic N) is 2. The maximum absolute atomic E-state index is 8.97. The van der Waals surface area contributed by atoms with Crippen LogP contribution in [0.3, 0.4) is 0 Å². The van der Waals surface area contributed by atoms with Gasteiger partial charge in [-0.05, 0) is 55.0 Å². The second-order valence-corrected chi connectivity index (χ2v) is 8.99. The van der Waals surface area contributed by atoms with Gasteiger partial charge < -0.3 is 15.2 Å². The number of aromatic nitrogens is 2. The Bertz CT molecular complexity index is 992. The van der Waals surface area contributed by atoms with E-state index in [1.54, 1.807) is 0 Å². The van der Waals surface area contributed by atoms with Crippen molar-refractivity contribution in [3.8, 4) is 11.4 Å². The fourth-order valence-corrected chi connectivity index (χ4v) is 4.28. The molecule has 0 unspecified atom stereocenters. The highest BCUT2D eigenvalue weighted by Crippen LogP contribution is 2.41. The monoisotopic (exact) mass is 405 g/mol. The Morgan fingerprint density at radius 2 is 2.00 bits per heavy atom. The Balaban J connectivity index is 1.55. The van der Waals surface area contributed by atoms with Gasteiger partial charge in [0.1, 0.15) is 12.4 Å². The molecule has 1 heterocycles. The van der Waals surface area contributed by atoms with E-state index in [0.29, 0.717) is 6.61 Å². The van der Waals surface area contributed by atoms with E-state index >= 15 is 0 Å². The van der Waals surface area contributed by atoms with Crippen LogP contribution in [0, 0.1) is 12.3 Å². The number of fused-ring (bicyclic) bond motifs is 1. The van der Waals surface area contributed by atoms with Crippen LogP contribution in [0.1, 0.15) is 48.7 Å². The van der Waals surface area contributed by atoms with Crippen molar-refractivity contribution < 1.29 is 9.84 Å². The van der Waals surface area contributed by atoms with E-state index in [4.69, 9.17) is 14.9 Å². The van der Waals surface area contributed by atoms with Crippen LogP contribution in [0.2, 0.25) is 0 Å². The van der Waals surface area contributed by atoms with Crippen LogP contribution in [0.25, 0.3) is 5.69 Å². The minimum atomic E-state index is 0.0212. The zero-order valence-corrected chi connectivity index (χ0v) is 18.1. The van der Waals surface area contributed by atoms with Crippen molar-refractivity contribution in [3.05, 3.63) is 77.1 Å². The minimum Gasteiger partial charge on any atom is -0.491 e. The standard InChI is InChI=1S/C25H31N3O2/c1-18-7-9-20(10-8-18)28-24-15-25(2,3)14-23(22(24)17-27-28)26-16-19-5-4-6-21(13-19)30-12-11-29/h4-10,13,17,23,26,29H,11-12,14-16H2,1-3H3/t23-/m1/s1.